The Balaban J connectivity index is 2.69. The average Bonchev–Trinajstić information content (AvgIpc) is 2.66. The predicted octanol–water partition coefficient (Wildman–Crippen LogP) is 1.80. The maximum atomic E-state index is 11.0. The number of hydrogen-bond donors (Lipinski definition) is 1. The van der Waals surface area contributed by atoms with E-state index in [-0.39, 0.29) is 6.73 Å². The van der Waals surface area contributed by atoms with E-state index in [0.29, 0.717) is 6.61 Å². The third-order valence-electron chi connectivity index (χ3n) is 2.43. The second-order valence-electron chi connectivity index (χ2n) is 5.29. The van der Waals surface area contributed by atoms with Gasteiger partial charge in [-0.1, -0.05) is 19.6 Å². The summed E-state index contributed by atoms with van der Waals surface area (Å²) in [5.74, 6) is -1.39. The summed E-state index contributed by atoms with van der Waals surface area (Å²) in [5, 5.41) is 23.3. The number of aromatic carboxylic acids is 1. The Morgan fingerprint density at radius 1 is 1.58 bits per heavy atom. The minimum atomic E-state index is -1.39. The maximum Gasteiger partial charge on any atom is 0.361 e. The van der Waals surface area contributed by atoms with E-state index in [9.17, 15) is 14.9 Å². The molecule has 8 nitrogen and oxygen atoms in total. The van der Waals surface area contributed by atoms with Crippen LogP contribution in [0.15, 0.2) is 6.20 Å². The summed E-state index contributed by atoms with van der Waals surface area (Å²) in [7, 11) is -1.22. The highest BCUT2D eigenvalue weighted by molar-refractivity contribution is 6.76. The molecule has 0 saturated carbocycles. The molecular formula is C10H17N3O5Si. The van der Waals surface area contributed by atoms with Gasteiger partial charge < -0.3 is 9.84 Å². The van der Waals surface area contributed by atoms with Crippen molar-refractivity contribution in [3.63, 3.8) is 0 Å². The van der Waals surface area contributed by atoms with E-state index < -0.39 is 30.3 Å². The molecule has 1 aromatic heterocycles. The van der Waals surface area contributed by atoms with Gasteiger partial charge in [0.1, 0.15) is 12.9 Å². The Bertz CT molecular complexity index is 480. The van der Waals surface area contributed by atoms with Crippen LogP contribution in [0.2, 0.25) is 25.7 Å². The third kappa shape index (κ3) is 4.45. The lowest BCUT2D eigenvalue weighted by Gasteiger charge is -2.15. The van der Waals surface area contributed by atoms with Crippen molar-refractivity contribution < 1.29 is 19.6 Å². The van der Waals surface area contributed by atoms with Crippen LogP contribution in [0.4, 0.5) is 5.69 Å². The van der Waals surface area contributed by atoms with Gasteiger partial charge in [0, 0.05) is 14.7 Å². The minimum Gasteiger partial charge on any atom is -0.476 e. The maximum absolute atomic E-state index is 11.0. The van der Waals surface area contributed by atoms with E-state index in [4.69, 9.17) is 9.84 Å². The molecule has 0 spiro atoms. The van der Waals surface area contributed by atoms with Crippen LogP contribution in [0.1, 0.15) is 10.5 Å². The van der Waals surface area contributed by atoms with Crippen LogP contribution >= 0.6 is 0 Å². The van der Waals surface area contributed by atoms with Gasteiger partial charge in [-0.05, 0) is 6.04 Å². The normalized spacial score (nSPS) is 11.5. The van der Waals surface area contributed by atoms with Crippen LogP contribution < -0.4 is 0 Å². The molecule has 0 bridgehead atoms. The van der Waals surface area contributed by atoms with E-state index in [1.54, 1.807) is 0 Å². The van der Waals surface area contributed by atoms with Gasteiger partial charge in [0.2, 0.25) is 5.69 Å². The zero-order chi connectivity index (χ0) is 14.6. The van der Waals surface area contributed by atoms with E-state index in [0.717, 1.165) is 16.9 Å². The first-order chi connectivity index (χ1) is 8.72. The summed E-state index contributed by atoms with van der Waals surface area (Å²) in [6.07, 6.45) is 0.922. The van der Waals surface area contributed by atoms with Crippen LogP contribution in [0, 0.1) is 10.1 Å². The molecule has 1 rings (SSSR count). The zero-order valence-electron chi connectivity index (χ0n) is 11.1. The Morgan fingerprint density at radius 2 is 2.21 bits per heavy atom. The number of carboxylic acid groups (broad SMARTS) is 1. The number of carbonyl (C=O) groups is 1. The highest BCUT2D eigenvalue weighted by Gasteiger charge is 2.26. The molecule has 0 unspecified atom stereocenters. The second-order valence-corrected chi connectivity index (χ2v) is 10.9. The molecule has 1 aromatic rings. The van der Waals surface area contributed by atoms with Gasteiger partial charge in [-0.15, -0.1) is 0 Å². The smallest absolute Gasteiger partial charge is 0.361 e. The zero-order valence-corrected chi connectivity index (χ0v) is 12.1. The van der Waals surface area contributed by atoms with Crippen LogP contribution in [-0.2, 0) is 11.5 Å². The van der Waals surface area contributed by atoms with Gasteiger partial charge in [-0.25, -0.2) is 9.48 Å². The Kier molecular flexibility index (Phi) is 4.78. The Hall–Kier alpha value is -1.74. The number of carboxylic acids is 1. The van der Waals surface area contributed by atoms with Crippen LogP contribution in [0.3, 0.4) is 0 Å². The van der Waals surface area contributed by atoms with Crippen molar-refractivity contribution >= 4 is 19.7 Å². The summed E-state index contributed by atoms with van der Waals surface area (Å²) in [5.41, 5.74) is -0.987. The average molecular weight is 287 g/mol. The van der Waals surface area contributed by atoms with Gasteiger partial charge in [0.15, 0.2) is 0 Å². The predicted molar refractivity (Wildman–Crippen MR) is 69.9 cm³/mol. The lowest BCUT2D eigenvalue weighted by Crippen LogP contribution is -2.22. The summed E-state index contributed by atoms with van der Waals surface area (Å²) in [6.45, 7) is 6.97. The molecule has 0 atom stereocenters. The fourth-order valence-corrected chi connectivity index (χ4v) is 2.11. The SMILES string of the molecule is C[Si](C)(C)CCOCn1ncc([N+](=O)[O-])c1C(=O)O. The van der Waals surface area contributed by atoms with Gasteiger partial charge in [-0.3, -0.25) is 10.1 Å². The summed E-state index contributed by atoms with van der Waals surface area (Å²) >= 11 is 0. The molecule has 0 aliphatic rings. The lowest BCUT2D eigenvalue weighted by molar-refractivity contribution is -0.385. The second kappa shape index (κ2) is 5.93. The minimum absolute atomic E-state index is 0.0973. The van der Waals surface area contributed by atoms with Crippen molar-refractivity contribution in [2.24, 2.45) is 0 Å². The van der Waals surface area contributed by atoms with E-state index >= 15 is 0 Å². The number of hydrogen-bond acceptors (Lipinski definition) is 5. The Labute approximate surface area is 111 Å². The third-order valence-corrected chi connectivity index (χ3v) is 4.13. The standard InChI is InChI=1S/C10H17N3O5Si/c1-19(2,3)5-4-18-7-12-9(10(14)15)8(6-11-12)13(16)17/h6H,4-5,7H2,1-3H3,(H,14,15). The Morgan fingerprint density at radius 3 is 2.68 bits per heavy atom. The molecule has 0 aliphatic carbocycles. The molecule has 19 heavy (non-hydrogen) atoms. The van der Waals surface area contributed by atoms with Crippen molar-refractivity contribution in [3.05, 3.63) is 22.0 Å². The van der Waals surface area contributed by atoms with Crippen LogP contribution in [0.5, 0.6) is 0 Å². The van der Waals surface area contributed by atoms with E-state index in [2.05, 4.69) is 24.7 Å². The molecule has 0 radical (unpaired) electrons. The van der Waals surface area contributed by atoms with E-state index in [1.807, 2.05) is 0 Å². The molecule has 0 fully saturated rings. The van der Waals surface area contributed by atoms with Gasteiger partial charge >= 0.3 is 11.7 Å². The number of aromatic nitrogens is 2. The quantitative estimate of drug-likeness (QED) is 0.354. The molecule has 1 heterocycles. The molecule has 0 saturated heterocycles. The van der Waals surface area contributed by atoms with E-state index in [1.165, 1.54) is 0 Å². The molecule has 0 amide bonds. The number of ether oxygens (including phenoxy) is 1. The topological polar surface area (TPSA) is 107 Å². The fourth-order valence-electron chi connectivity index (χ4n) is 1.36. The molecule has 106 valence electrons. The lowest BCUT2D eigenvalue weighted by atomic mass is 10.4. The van der Waals surface area contributed by atoms with Gasteiger partial charge in [-0.2, -0.15) is 5.10 Å². The summed E-state index contributed by atoms with van der Waals surface area (Å²) < 4.78 is 6.32. The number of rotatable bonds is 7. The molecule has 0 aliphatic heterocycles. The van der Waals surface area contributed by atoms with Crippen molar-refractivity contribution in [1.82, 2.24) is 9.78 Å². The highest BCUT2D eigenvalue weighted by atomic mass is 28.3. The van der Waals surface area contributed by atoms with Crippen molar-refractivity contribution in [2.45, 2.75) is 32.4 Å². The first kappa shape index (κ1) is 15.3. The monoisotopic (exact) mass is 287 g/mol. The van der Waals surface area contributed by atoms with Gasteiger partial charge in [0.05, 0.1) is 4.92 Å². The molecule has 0 aromatic carbocycles. The van der Waals surface area contributed by atoms with Crippen molar-refractivity contribution in [1.29, 1.82) is 0 Å². The summed E-state index contributed by atoms with van der Waals surface area (Å²) in [4.78, 5) is 20.9. The fraction of sp³-hybridized carbons (Fsp3) is 0.600. The molecule has 1 N–H and O–H groups in total. The number of nitrogens with zero attached hydrogens (tertiary/aromatic N) is 3. The number of nitro groups is 1. The first-order valence-electron chi connectivity index (χ1n) is 5.73. The summed E-state index contributed by atoms with van der Waals surface area (Å²) in [6, 6.07) is 0.929. The largest absolute Gasteiger partial charge is 0.476 e. The first-order valence-corrected chi connectivity index (χ1v) is 9.44. The molecule has 9 heteroatoms. The van der Waals surface area contributed by atoms with Gasteiger partial charge in [0.25, 0.3) is 0 Å². The van der Waals surface area contributed by atoms with Crippen LogP contribution in [-0.4, -0.2) is 40.5 Å². The molecular weight excluding hydrogens is 270 g/mol. The van der Waals surface area contributed by atoms with Crippen molar-refractivity contribution in [3.8, 4) is 0 Å². The van der Waals surface area contributed by atoms with Crippen molar-refractivity contribution in [2.75, 3.05) is 6.61 Å². The van der Waals surface area contributed by atoms with Crippen LogP contribution in [0.25, 0.3) is 0 Å². The highest BCUT2D eigenvalue weighted by Crippen LogP contribution is 2.17.